The lowest BCUT2D eigenvalue weighted by Gasteiger charge is -2.31. The molecule has 6 nitrogen and oxygen atoms in total. The summed E-state index contributed by atoms with van der Waals surface area (Å²) >= 11 is 1.73. The molecule has 0 aliphatic carbocycles. The number of amides is 3. The molecule has 1 aromatic heterocycles. The quantitative estimate of drug-likeness (QED) is 0.693. The van der Waals surface area contributed by atoms with E-state index in [1.165, 1.54) is 9.78 Å². The van der Waals surface area contributed by atoms with Crippen molar-refractivity contribution >= 4 is 29.0 Å². The number of quaternary nitrogens is 1. The van der Waals surface area contributed by atoms with Crippen LogP contribution in [0.1, 0.15) is 23.8 Å². The van der Waals surface area contributed by atoms with Crippen molar-refractivity contribution in [3.63, 3.8) is 0 Å². The van der Waals surface area contributed by atoms with Crippen LogP contribution in [0.15, 0.2) is 47.8 Å². The molecule has 3 amide bonds. The van der Waals surface area contributed by atoms with Gasteiger partial charge in [0.05, 0.1) is 25.5 Å². The fraction of sp³-hybridized carbons (Fsp3) is 0.429. The number of para-hydroxylation sites is 1. The van der Waals surface area contributed by atoms with Crippen LogP contribution in [0.2, 0.25) is 0 Å². The molecule has 1 saturated heterocycles. The van der Waals surface area contributed by atoms with Crippen LogP contribution in [0.5, 0.6) is 0 Å². The van der Waals surface area contributed by atoms with Crippen molar-refractivity contribution < 1.29 is 14.5 Å². The highest BCUT2D eigenvalue weighted by atomic mass is 32.1. The number of benzene rings is 1. The number of hydrogen-bond donors (Lipinski definition) is 3. The van der Waals surface area contributed by atoms with Crippen molar-refractivity contribution in [2.24, 2.45) is 5.92 Å². The molecule has 2 heterocycles. The van der Waals surface area contributed by atoms with Gasteiger partial charge in [-0.1, -0.05) is 24.3 Å². The zero-order valence-electron chi connectivity index (χ0n) is 16.5. The van der Waals surface area contributed by atoms with Crippen LogP contribution in [0, 0.1) is 5.92 Å². The first-order valence-electron chi connectivity index (χ1n) is 9.76. The second-order valence-corrected chi connectivity index (χ2v) is 8.43. The Morgan fingerprint density at radius 3 is 2.46 bits per heavy atom. The molecule has 1 aliphatic rings. The Morgan fingerprint density at radius 2 is 1.86 bits per heavy atom. The van der Waals surface area contributed by atoms with Gasteiger partial charge in [0.1, 0.15) is 6.04 Å². The molecular weight excluding hydrogens is 372 g/mol. The standard InChI is InChI=1S/C21H28N4O2S/c1-24(2)18(19-9-6-14-28-19)15-22-20(26)16-10-12-25(13-11-16)21(27)23-17-7-4-3-5-8-17/h3-9,14,16,18H,10-13,15H2,1-2H3,(H,22,26)(H,23,27)/p+1/t18-/m1/s1. The van der Waals surface area contributed by atoms with Gasteiger partial charge in [-0.05, 0) is 36.4 Å². The summed E-state index contributed by atoms with van der Waals surface area (Å²) in [5.41, 5.74) is 0.790. The summed E-state index contributed by atoms with van der Waals surface area (Å²) in [6, 6.07) is 13.8. The fourth-order valence-corrected chi connectivity index (χ4v) is 4.45. The Labute approximate surface area is 170 Å². The van der Waals surface area contributed by atoms with Crippen LogP contribution in [-0.4, -0.2) is 50.6 Å². The van der Waals surface area contributed by atoms with Gasteiger partial charge in [-0.15, -0.1) is 11.3 Å². The second-order valence-electron chi connectivity index (χ2n) is 7.45. The summed E-state index contributed by atoms with van der Waals surface area (Å²) in [5, 5.41) is 8.12. The van der Waals surface area contributed by atoms with E-state index in [9.17, 15) is 9.59 Å². The van der Waals surface area contributed by atoms with Gasteiger partial charge in [0, 0.05) is 24.7 Å². The Balaban J connectivity index is 1.45. The van der Waals surface area contributed by atoms with Crippen molar-refractivity contribution in [1.82, 2.24) is 10.2 Å². The number of likely N-dealkylation sites (tertiary alicyclic amines) is 1. The van der Waals surface area contributed by atoms with E-state index in [2.05, 4.69) is 36.2 Å². The summed E-state index contributed by atoms with van der Waals surface area (Å²) in [4.78, 5) is 29.4. The van der Waals surface area contributed by atoms with E-state index in [1.54, 1.807) is 16.2 Å². The van der Waals surface area contributed by atoms with E-state index in [1.807, 2.05) is 36.4 Å². The minimum atomic E-state index is -0.0981. The van der Waals surface area contributed by atoms with Gasteiger partial charge >= 0.3 is 6.03 Å². The molecule has 0 bridgehead atoms. The largest absolute Gasteiger partial charge is 0.349 e. The molecule has 3 N–H and O–H groups in total. The Kier molecular flexibility index (Phi) is 7.06. The van der Waals surface area contributed by atoms with Crippen molar-refractivity contribution in [3.05, 3.63) is 52.7 Å². The highest BCUT2D eigenvalue weighted by Gasteiger charge is 2.28. The molecular formula is C21H29N4O2S+. The maximum Gasteiger partial charge on any atom is 0.321 e. The van der Waals surface area contributed by atoms with Crippen LogP contribution in [0.3, 0.4) is 0 Å². The fourth-order valence-electron chi connectivity index (χ4n) is 3.49. The average molecular weight is 402 g/mol. The third kappa shape index (κ3) is 5.33. The monoisotopic (exact) mass is 401 g/mol. The summed E-state index contributed by atoms with van der Waals surface area (Å²) < 4.78 is 0. The van der Waals surface area contributed by atoms with Gasteiger partial charge in [-0.3, -0.25) is 4.79 Å². The van der Waals surface area contributed by atoms with Crippen LogP contribution in [-0.2, 0) is 4.79 Å². The predicted molar refractivity (Wildman–Crippen MR) is 113 cm³/mol. The number of urea groups is 1. The third-order valence-corrected chi connectivity index (χ3v) is 6.23. The first-order chi connectivity index (χ1) is 13.5. The molecule has 0 spiro atoms. The van der Waals surface area contributed by atoms with E-state index < -0.39 is 0 Å². The Bertz CT molecular complexity index is 756. The van der Waals surface area contributed by atoms with E-state index in [0.717, 1.165) is 5.69 Å². The average Bonchev–Trinajstić information content (AvgIpc) is 3.23. The lowest BCUT2D eigenvalue weighted by molar-refractivity contribution is -0.890. The number of nitrogens with zero attached hydrogens (tertiary/aromatic N) is 1. The minimum absolute atomic E-state index is 0.0260. The van der Waals surface area contributed by atoms with E-state index in [-0.39, 0.29) is 23.9 Å². The molecule has 1 atom stereocenters. The molecule has 0 radical (unpaired) electrons. The number of anilines is 1. The van der Waals surface area contributed by atoms with E-state index >= 15 is 0 Å². The molecule has 2 aromatic rings. The van der Waals surface area contributed by atoms with Gasteiger partial charge in [0.25, 0.3) is 0 Å². The molecule has 1 aliphatic heterocycles. The molecule has 3 rings (SSSR count). The second kappa shape index (κ2) is 9.71. The number of rotatable bonds is 6. The zero-order valence-corrected chi connectivity index (χ0v) is 17.3. The Hall–Kier alpha value is -2.38. The summed E-state index contributed by atoms with van der Waals surface area (Å²) in [5.74, 6) is 0.0767. The number of carbonyl (C=O) groups is 2. The van der Waals surface area contributed by atoms with Crippen molar-refractivity contribution in [2.75, 3.05) is 39.0 Å². The molecule has 0 unspecified atom stereocenters. The molecule has 1 aromatic carbocycles. The SMILES string of the molecule is C[NH+](C)[C@H](CNC(=O)C1CCN(C(=O)Nc2ccccc2)CC1)c1cccs1. The van der Waals surface area contributed by atoms with Gasteiger partial charge in [-0.2, -0.15) is 0 Å². The summed E-state index contributed by atoms with van der Waals surface area (Å²) in [7, 11) is 4.22. The van der Waals surface area contributed by atoms with Crippen LogP contribution < -0.4 is 15.5 Å². The minimum Gasteiger partial charge on any atom is -0.349 e. The number of nitrogens with one attached hydrogen (secondary N) is 3. The summed E-state index contributed by atoms with van der Waals surface area (Å²) in [6.07, 6.45) is 1.40. The molecule has 150 valence electrons. The maximum atomic E-state index is 12.6. The van der Waals surface area contributed by atoms with E-state index in [0.29, 0.717) is 32.5 Å². The number of hydrogen-bond acceptors (Lipinski definition) is 3. The van der Waals surface area contributed by atoms with Crippen LogP contribution in [0.4, 0.5) is 10.5 Å². The first kappa shape index (κ1) is 20.4. The lowest BCUT2D eigenvalue weighted by atomic mass is 9.96. The van der Waals surface area contributed by atoms with Gasteiger partial charge < -0.3 is 20.4 Å². The molecule has 7 heteroatoms. The molecule has 1 fully saturated rings. The van der Waals surface area contributed by atoms with Gasteiger partial charge in [0.2, 0.25) is 5.91 Å². The van der Waals surface area contributed by atoms with Crippen molar-refractivity contribution in [1.29, 1.82) is 0 Å². The predicted octanol–water partition coefficient (Wildman–Crippen LogP) is 1.99. The first-order valence-corrected chi connectivity index (χ1v) is 10.6. The summed E-state index contributed by atoms with van der Waals surface area (Å²) in [6.45, 7) is 1.84. The van der Waals surface area contributed by atoms with Gasteiger partial charge in [0.15, 0.2) is 0 Å². The third-order valence-electron chi connectivity index (χ3n) is 5.24. The van der Waals surface area contributed by atoms with Crippen LogP contribution >= 0.6 is 11.3 Å². The highest BCUT2D eigenvalue weighted by Crippen LogP contribution is 2.20. The van der Waals surface area contributed by atoms with Crippen molar-refractivity contribution in [2.45, 2.75) is 18.9 Å². The number of likely N-dealkylation sites (N-methyl/N-ethyl adjacent to an activating group) is 1. The maximum absolute atomic E-state index is 12.6. The number of piperidine rings is 1. The topological polar surface area (TPSA) is 65.9 Å². The highest BCUT2D eigenvalue weighted by molar-refractivity contribution is 7.10. The number of carbonyl (C=O) groups excluding carboxylic acids is 2. The normalized spacial score (nSPS) is 16.0. The molecule has 0 saturated carbocycles. The smallest absolute Gasteiger partial charge is 0.321 e. The van der Waals surface area contributed by atoms with Crippen LogP contribution in [0.25, 0.3) is 0 Å². The van der Waals surface area contributed by atoms with Gasteiger partial charge in [-0.25, -0.2) is 4.79 Å². The van der Waals surface area contributed by atoms with E-state index in [4.69, 9.17) is 0 Å². The lowest BCUT2D eigenvalue weighted by Crippen LogP contribution is -3.06. The number of thiophene rings is 1. The molecule has 28 heavy (non-hydrogen) atoms. The zero-order chi connectivity index (χ0) is 19.9. The van der Waals surface area contributed by atoms with Crippen molar-refractivity contribution in [3.8, 4) is 0 Å². The Morgan fingerprint density at radius 1 is 1.14 bits per heavy atom.